The maximum atomic E-state index is 4.36. The third kappa shape index (κ3) is 6.33. The molecule has 1 aromatic rings. The molecule has 0 amide bonds. The Morgan fingerprint density at radius 2 is 2.00 bits per heavy atom. The lowest BCUT2D eigenvalue weighted by Crippen LogP contribution is -1.90. The normalized spacial score (nSPS) is 11.4. The number of aromatic nitrogens is 1. The van der Waals surface area contributed by atoms with Crippen molar-refractivity contribution in [3.63, 3.8) is 0 Å². The summed E-state index contributed by atoms with van der Waals surface area (Å²) in [6.07, 6.45) is 4.01. The Labute approximate surface area is 98.2 Å². The van der Waals surface area contributed by atoms with E-state index in [-0.39, 0.29) is 0 Å². The van der Waals surface area contributed by atoms with Crippen LogP contribution in [-0.2, 0) is 0 Å². The molecule has 0 aliphatic carbocycles. The van der Waals surface area contributed by atoms with Gasteiger partial charge in [-0.15, -0.1) is 0 Å². The van der Waals surface area contributed by atoms with Gasteiger partial charge < -0.3 is 0 Å². The van der Waals surface area contributed by atoms with E-state index in [9.17, 15) is 0 Å². The smallest absolute Gasteiger partial charge is 0.0530 e. The molecule has 1 unspecified atom stereocenters. The van der Waals surface area contributed by atoms with Crippen LogP contribution in [0, 0.1) is 0 Å². The minimum atomic E-state index is 0.293. The van der Waals surface area contributed by atoms with Crippen molar-refractivity contribution in [1.29, 1.82) is 0 Å². The molecule has 0 radical (unpaired) electrons. The van der Waals surface area contributed by atoms with Crippen LogP contribution in [-0.4, -0.2) is 10.7 Å². The number of hydrogen-bond acceptors (Lipinski definition) is 3. The summed E-state index contributed by atoms with van der Waals surface area (Å²) in [6, 6.07) is 5.90. The summed E-state index contributed by atoms with van der Waals surface area (Å²) >= 11 is 8.28. The Bertz CT molecular complexity index is 212. The second-order valence-corrected chi connectivity index (χ2v) is 3.97. The quantitative estimate of drug-likeness (QED) is 0.752. The van der Waals surface area contributed by atoms with E-state index in [1.165, 1.54) is 6.42 Å². The fourth-order valence-corrected chi connectivity index (χ4v) is 0.935. The fourth-order valence-electron chi connectivity index (χ4n) is 0.782. The summed E-state index contributed by atoms with van der Waals surface area (Å²) < 4.78 is 0. The number of pyridine rings is 1. The predicted octanol–water partition coefficient (Wildman–Crippen LogP) is 3.79. The number of hydrogen-bond donors (Lipinski definition) is 2. The summed E-state index contributed by atoms with van der Waals surface area (Å²) in [5.41, 5.74) is 1.06. The zero-order chi connectivity index (χ0) is 10.8. The summed E-state index contributed by atoms with van der Waals surface area (Å²) in [6.45, 7) is 4.21. The highest BCUT2D eigenvalue weighted by Gasteiger charge is 2.01. The van der Waals surface area contributed by atoms with Crippen molar-refractivity contribution >= 4 is 25.3 Å². The van der Waals surface area contributed by atoms with Crippen molar-refractivity contribution < 1.29 is 0 Å². The molecule has 0 N–H and O–H groups in total. The third-order valence-corrected chi connectivity index (χ3v) is 2.72. The Kier molecular flexibility index (Phi) is 9.31. The molecule has 1 aromatic heterocycles. The topological polar surface area (TPSA) is 12.9 Å². The first-order valence-corrected chi connectivity index (χ1v) is 6.10. The maximum absolute atomic E-state index is 4.36. The van der Waals surface area contributed by atoms with Gasteiger partial charge in [0.15, 0.2) is 0 Å². The molecule has 1 nitrogen and oxygen atoms in total. The van der Waals surface area contributed by atoms with E-state index in [0.717, 1.165) is 17.9 Å². The van der Waals surface area contributed by atoms with E-state index < -0.39 is 0 Å². The van der Waals surface area contributed by atoms with Crippen molar-refractivity contribution in [2.45, 2.75) is 31.9 Å². The SMILES string of the molecule is CCC(S)c1ccccn1.CCCS. The summed E-state index contributed by atoms with van der Waals surface area (Å²) in [5, 5.41) is 0.293. The van der Waals surface area contributed by atoms with Gasteiger partial charge in [0.2, 0.25) is 0 Å². The van der Waals surface area contributed by atoms with Gasteiger partial charge in [-0.1, -0.05) is 19.9 Å². The predicted molar refractivity (Wildman–Crippen MR) is 70.4 cm³/mol. The number of rotatable bonds is 3. The lowest BCUT2D eigenvalue weighted by Gasteiger charge is -2.04. The second-order valence-electron chi connectivity index (χ2n) is 2.90. The molecule has 0 aliphatic rings. The molecular weight excluding hydrogens is 210 g/mol. The minimum absolute atomic E-state index is 0.293. The molecule has 0 saturated heterocycles. The van der Waals surface area contributed by atoms with Gasteiger partial charge in [-0.25, -0.2) is 0 Å². The van der Waals surface area contributed by atoms with Crippen LogP contribution in [0.5, 0.6) is 0 Å². The van der Waals surface area contributed by atoms with Crippen LogP contribution in [0.25, 0.3) is 0 Å². The van der Waals surface area contributed by atoms with Gasteiger partial charge in [0, 0.05) is 11.4 Å². The van der Waals surface area contributed by atoms with E-state index in [1.54, 1.807) is 6.20 Å². The Hall–Kier alpha value is -0.150. The lowest BCUT2D eigenvalue weighted by molar-refractivity contribution is 0.865. The van der Waals surface area contributed by atoms with Crippen molar-refractivity contribution in [3.8, 4) is 0 Å². The Morgan fingerprint density at radius 1 is 1.36 bits per heavy atom. The first-order valence-electron chi connectivity index (χ1n) is 4.96. The van der Waals surface area contributed by atoms with Crippen molar-refractivity contribution in [1.82, 2.24) is 4.98 Å². The lowest BCUT2D eigenvalue weighted by atomic mass is 10.2. The average molecular weight is 229 g/mol. The highest BCUT2D eigenvalue weighted by molar-refractivity contribution is 7.80. The highest BCUT2D eigenvalue weighted by atomic mass is 32.1. The molecule has 0 saturated carbocycles. The van der Waals surface area contributed by atoms with Gasteiger partial charge in [0.1, 0.15) is 0 Å². The van der Waals surface area contributed by atoms with Crippen LogP contribution in [0.1, 0.15) is 37.6 Å². The van der Waals surface area contributed by atoms with Gasteiger partial charge in [-0.2, -0.15) is 25.3 Å². The summed E-state index contributed by atoms with van der Waals surface area (Å²) in [7, 11) is 0. The standard InChI is InChI=1S/C8H11NS.C3H8S/c1-2-8(10)7-5-3-4-6-9-7;1-2-3-4/h3-6,8,10H,2H2,1H3;4H,2-3H2,1H3. The van der Waals surface area contributed by atoms with Crippen LogP contribution in [0.4, 0.5) is 0 Å². The van der Waals surface area contributed by atoms with Crippen LogP contribution in [0.3, 0.4) is 0 Å². The fraction of sp³-hybridized carbons (Fsp3) is 0.545. The zero-order valence-electron chi connectivity index (χ0n) is 8.85. The van der Waals surface area contributed by atoms with Crippen LogP contribution in [0.15, 0.2) is 24.4 Å². The summed E-state index contributed by atoms with van der Waals surface area (Å²) in [4.78, 5) is 4.17. The molecule has 0 spiro atoms. The van der Waals surface area contributed by atoms with Crippen molar-refractivity contribution in [3.05, 3.63) is 30.1 Å². The number of thiol groups is 2. The van der Waals surface area contributed by atoms with E-state index in [4.69, 9.17) is 0 Å². The Morgan fingerprint density at radius 3 is 2.36 bits per heavy atom. The molecule has 0 fully saturated rings. The molecule has 14 heavy (non-hydrogen) atoms. The van der Waals surface area contributed by atoms with Crippen LogP contribution >= 0.6 is 25.3 Å². The third-order valence-electron chi connectivity index (χ3n) is 1.64. The first kappa shape index (κ1) is 13.8. The molecular formula is C11H19NS2. The van der Waals surface area contributed by atoms with E-state index >= 15 is 0 Å². The number of nitrogens with zero attached hydrogens (tertiary/aromatic N) is 1. The van der Waals surface area contributed by atoms with Crippen LogP contribution in [0.2, 0.25) is 0 Å². The van der Waals surface area contributed by atoms with Gasteiger partial charge in [0.25, 0.3) is 0 Å². The Balaban J connectivity index is 0.000000364. The van der Waals surface area contributed by atoms with Crippen LogP contribution < -0.4 is 0 Å². The molecule has 0 bridgehead atoms. The maximum Gasteiger partial charge on any atom is 0.0530 e. The average Bonchev–Trinajstić information content (AvgIpc) is 2.29. The van der Waals surface area contributed by atoms with Gasteiger partial charge in [0.05, 0.1) is 5.69 Å². The van der Waals surface area contributed by atoms with Gasteiger partial charge in [-0.3, -0.25) is 4.98 Å². The molecule has 3 heteroatoms. The van der Waals surface area contributed by atoms with Gasteiger partial charge in [-0.05, 0) is 30.7 Å². The molecule has 0 aliphatic heterocycles. The molecule has 80 valence electrons. The van der Waals surface area contributed by atoms with Gasteiger partial charge >= 0.3 is 0 Å². The van der Waals surface area contributed by atoms with Crippen molar-refractivity contribution in [2.75, 3.05) is 5.75 Å². The van der Waals surface area contributed by atoms with Crippen molar-refractivity contribution in [2.24, 2.45) is 0 Å². The molecule has 0 aromatic carbocycles. The molecule has 1 atom stereocenters. The highest BCUT2D eigenvalue weighted by Crippen LogP contribution is 2.19. The molecule has 1 rings (SSSR count). The zero-order valence-corrected chi connectivity index (χ0v) is 10.6. The first-order chi connectivity index (χ1) is 6.76. The largest absolute Gasteiger partial charge is 0.260 e. The second kappa shape index (κ2) is 9.41. The minimum Gasteiger partial charge on any atom is -0.260 e. The molecule has 1 heterocycles. The summed E-state index contributed by atoms with van der Waals surface area (Å²) in [5.74, 6) is 1.01. The van der Waals surface area contributed by atoms with E-state index in [0.29, 0.717) is 5.25 Å². The van der Waals surface area contributed by atoms with E-state index in [1.807, 2.05) is 18.2 Å². The monoisotopic (exact) mass is 229 g/mol. The van der Waals surface area contributed by atoms with E-state index in [2.05, 4.69) is 44.1 Å².